The van der Waals surface area contributed by atoms with E-state index in [4.69, 9.17) is 9.26 Å². The second-order valence-corrected chi connectivity index (χ2v) is 13.5. The van der Waals surface area contributed by atoms with E-state index < -0.39 is 7.60 Å². The van der Waals surface area contributed by atoms with Gasteiger partial charge in [-0.2, -0.15) is 0 Å². The van der Waals surface area contributed by atoms with Crippen LogP contribution in [0.1, 0.15) is 68.8 Å². The van der Waals surface area contributed by atoms with Crippen LogP contribution in [0.3, 0.4) is 0 Å². The molecule has 6 nitrogen and oxygen atoms in total. The Hall–Kier alpha value is -2.57. The van der Waals surface area contributed by atoms with Crippen molar-refractivity contribution in [1.29, 1.82) is 0 Å². The number of hydrogen-bond donors (Lipinski definition) is 1. The number of ether oxygens (including phenoxy) is 1. The smallest absolute Gasteiger partial charge is 0.328 e. The number of halogens is 1. The summed E-state index contributed by atoms with van der Waals surface area (Å²) in [6.07, 6.45) is 3.50. The van der Waals surface area contributed by atoms with Crippen molar-refractivity contribution >= 4 is 7.60 Å². The van der Waals surface area contributed by atoms with Gasteiger partial charge in [0, 0.05) is 37.0 Å². The van der Waals surface area contributed by atoms with Crippen molar-refractivity contribution in [2.75, 3.05) is 13.3 Å². The van der Waals surface area contributed by atoms with Gasteiger partial charge in [0.15, 0.2) is 0 Å². The summed E-state index contributed by atoms with van der Waals surface area (Å²) in [5.74, 6) is 0.727. The van der Waals surface area contributed by atoms with Crippen LogP contribution in [0.25, 0.3) is 11.1 Å². The van der Waals surface area contributed by atoms with E-state index in [0.717, 1.165) is 40.8 Å². The zero-order valence-corrected chi connectivity index (χ0v) is 25.3. The fourth-order valence-corrected chi connectivity index (χ4v) is 6.54. The summed E-state index contributed by atoms with van der Waals surface area (Å²) in [5.41, 5.74) is 5.20. The first-order chi connectivity index (χ1) is 19.0. The van der Waals surface area contributed by atoms with Gasteiger partial charge >= 0.3 is 7.60 Å². The molecule has 2 atom stereocenters. The Morgan fingerprint density at radius 3 is 2.45 bits per heavy atom. The largest absolute Gasteiger partial charge is 0.489 e. The third kappa shape index (κ3) is 7.79. The Labute approximate surface area is 238 Å². The maximum absolute atomic E-state index is 14.9. The van der Waals surface area contributed by atoms with E-state index in [1.807, 2.05) is 43.3 Å². The number of pyridine rings is 1. The maximum Gasteiger partial charge on any atom is 0.328 e. The summed E-state index contributed by atoms with van der Waals surface area (Å²) >= 11 is 0. The quantitative estimate of drug-likeness (QED) is 0.213. The Morgan fingerprint density at radius 1 is 1.07 bits per heavy atom. The summed E-state index contributed by atoms with van der Waals surface area (Å²) in [4.78, 5) is 16.6. The minimum absolute atomic E-state index is 0.0398. The summed E-state index contributed by atoms with van der Waals surface area (Å²) < 4.78 is 38.3. The number of nitrogens with zero attached hydrogens (tertiary/aromatic N) is 2. The van der Waals surface area contributed by atoms with Gasteiger partial charge in [-0.05, 0) is 99.7 Å². The molecule has 1 aromatic heterocycles. The Kier molecular flexibility index (Phi) is 9.84. The lowest BCUT2D eigenvalue weighted by Gasteiger charge is -2.31. The molecule has 1 saturated carbocycles. The molecule has 2 aromatic carbocycles. The summed E-state index contributed by atoms with van der Waals surface area (Å²) in [7, 11) is -2.34. The molecule has 8 heteroatoms. The molecule has 4 rings (SSSR count). The van der Waals surface area contributed by atoms with E-state index in [0.29, 0.717) is 42.5 Å². The van der Waals surface area contributed by atoms with Gasteiger partial charge in [-0.3, -0.25) is 14.4 Å². The van der Waals surface area contributed by atoms with E-state index in [-0.39, 0.29) is 17.9 Å². The first-order valence-electron chi connectivity index (χ1n) is 14.1. The third-order valence-corrected chi connectivity index (χ3v) is 9.15. The highest BCUT2D eigenvalue weighted by Crippen LogP contribution is 2.52. The van der Waals surface area contributed by atoms with Crippen molar-refractivity contribution in [3.8, 4) is 16.9 Å². The molecule has 1 N–H and O–H groups in total. The molecule has 1 aliphatic rings. The van der Waals surface area contributed by atoms with Crippen molar-refractivity contribution in [2.24, 2.45) is 5.92 Å². The van der Waals surface area contributed by atoms with E-state index in [2.05, 4.69) is 43.6 Å². The maximum atomic E-state index is 14.9. The van der Waals surface area contributed by atoms with Crippen molar-refractivity contribution < 1.29 is 23.1 Å². The van der Waals surface area contributed by atoms with Crippen LogP contribution in [0.4, 0.5) is 4.39 Å². The third-order valence-electron chi connectivity index (χ3n) is 7.73. The Bertz CT molecular complexity index is 1350. The van der Waals surface area contributed by atoms with Crippen LogP contribution in [-0.2, 0) is 22.2 Å². The molecule has 0 bridgehead atoms. The monoisotopic (exact) mass is 568 g/mol. The molecule has 40 heavy (non-hydrogen) atoms. The highest BCUT2D eigenvalue weighted by Gasteiger charge is 2.37. The van der Waals surface area contributed by atoms with Crippen molar-refractivity contribution in [2.45, 2.75) is 78.6 Å². The van der Waals surface area contributed by atoms with Gasteiger partial charge in [0.2, 0.25) is 0 Å². The average molecular weight is 569 g/mol. The Balaban J connectivity index is 1.59. The Morgan fingerprint density at radius 2 is 1.80 bits per heavy atom. The highest BCUT2D eigenvalue weighted by atomic mass is 31.2. The molecule has 2 unspecified atom stereocenters. The van der Waals surface area contributed by atoms with E-state index in [1.165, 1.54) is 13.3 Å². The minimum Gasteiger partial charge on any atom is -0.489 e. The first kappa shape index (κ1) is 30.4. The fourth-order valence-electron chi connectivity index (χ4n) is 5.39. The molecule has 3 aromatic rings. The number of rotatable bonds is 13. The number of benzene rings is 2. The molecule has 0 aliphatic heterocycles. The van der Waals surface area contributed by atoms with E-state index in [1.54, 1.807) is 6.07 Å². The van der Waals surface area contributed by atoms with Crippen LogP contribution >= 0.6 is 7.60 Å². The highest BCUT2D eigenvalue weighted by molar-refractivity contribution is 7.52. The molecular weight excluding hydrogens is 526 g/mol. The first-order valence-corrected chi connectivity index (χ1v) is 15.8. The molecule has 1 fully saturated rings. The van der Waals surface area contributed by atoms with Crippen LogP contribution in [0, 0.1) is 18.7 Å². The number of aryl methyl sites for hydroxylation is 1. The van der Waals surface area contributed by atoms with Crippen molar-refractivity contribution in [1.82, 2.24) is 9.88 Å². The van der Waals surface area contributed by atoms with Crippen LogP contribution in [0.5, 0.6) is 5.75 Å². The number of aromatic nitrogens is 1. The van der Waals surface area contributed by atoms with Crippen LogP contribution in [0.15, 0.2) is 54.7 Å². The normalized spacial score (nSPS) is 16.0. The SMILES string of the molecule is COP(=O)(O)CC(c1cccc(OCc2ccc(-c3cc(C)ncc3F)c(CN(C(C)C)C(C)C)c2)c1)C1CC1. The van der Waals surface area contributed by atoms with E-state index in [9.17, 15) is 13.8 Å². The lowest BCUT2D eigenvalue weighted by molar-refractivity contribution is 0.166. The molecule has 0 saturated heterocycles. The van der Waals surface area contributed by atoms with Crippen LogP contribution in [-0.4, -0.2) is 40.1 Å². The predicted molar refractivity (Wildman–Crippen MR) is 158 cm³/mol. The zero-order valence-electron chi connectivity index (χ0n) is 24.4. The number of hydrogen-bond acceptors (Lipinski definition) is 5. The average Bonchev–Trinajstić information content (AvgIpc) is 3.76. The summed E-state index contributed by atoms with van der Waals surface area (Å²) in [6.45, 7) is 11.6. The lowest BCUT2D eigenvalue weighted by atomic mass is 9.96. The van der Waals surface area contributed by atoms with Crippen molar-refractivity contribution in [3.05, 3.63) is 82.9 Å². The van der Waals surface area contributed by atoms with Gasteiger partial charge in [0.05, 0.1) is 12.4 Å². The fraction of sp³-hybridized carbons (Fsp3) is 0.469. The summed E-state index contributed by atoms with van der Waals surface area (Å²) in [5, 5.41) is 0. The standard InChI is InChI=1S/C32H42FN2O4P/c1-21(2)35(22(3)4)18-27-15-24(10-13-29(27)30-14-23(5)34-17-32(30)33)19-39-28-9-7-8-26(16-28)31(25-11-12-25)20-40(36,37)38-6/h7-10,13-17,21-22,25,31H,11-12,18-20H2,1-6H3,(H,36,37). The van der Waals surface area contributed by atoms with E-state index >= 15 is 0 Å². The van der Waals surface area contributed by atoms with Crippen LogP contribution in [0.2, 0.25) is 0 Å². The topological polar surface area (TPSA) is 71.9 Å². The molecule has 216 valence electrons. The van der Waals surface area contributed by atoms with Crippen molar-refractivity contribution in [3.63, 3.8) is 0 Å². The van der Waals surface area contributed by atoms with Gasteiger partial charge in [-0.1, -0.05) is 30.3 Å². The molecule has 0 spiro atoms. The molecule has 0 radical (unpaired) electrons. The van der Waals surface area contributed by atoms with Gasteiger partial charge in [-0.25, -0.2) is 4.39 Å². The van der Waals surface area contributed by atoms with Crippen LogP contribution < -0.4 is 4.74 Å². The van der Waals surface area contributed by atoms with Gasteiger partial charge < -0.3 is 14.2 Å². The molecular formula is C32H42FN2O4P. The minimum atomic E-state index is -3.63. The second-order valence-electron chi connectivity index (χ2n) is 11.5. The molecule has 1 aliphatic carbocycles. The predicted octanol–water partition coefficient (Wildman–Crippen LogP) is 7.72. The summed E-state index contributed by atoms with van der Waals surface area (Å²) in [6, 6.07) is 16.3. The second kappa shape index (κ2) is 12.9. The van der Waals surface area contributed by atoms with Gasteiger partial charge in [-0.15, -0.1) is 0 Å². The zero-order chi connectivity index (χ0) is 29.0. The molecule has 0 amide bonds. The lowest BCUT2D eigenvalue weighted by Crippen LogP contribution is -2.36. The van der Waals surface area contributed by atoms with Gasteiger partial charge in [0.25, 0.3) is 0 Å². The molecule has 1 heterocycles. The van der Waals surface area contributed by atoms with Gasteiger partial charge in [0.1, 0.15) is 18.2 Å².